The molecule has 1 aromatic rings. The number of hydrogen-bond acceptors (Lipinski definition) is 2. The number of halogens is 1. The third-order valence-corrected chi connectivity index (χ3v) is 2.42. The van der Waals surface area contributed by atoms with Crippen molar-refractivity contribution in [3.8, 4) is 11.8 Å². The predicted octanol–water partition coefficient (Wildman–Crippen LogP) is 2.01. The molecular weight excluding hydrogens is 217 g/mol. The molecule has 1 aromatic carbocycles. The number of aliphatic hydroxyl groups is 1. The summed E-state index contributed by atoms with van der Waals surface area (Å²) in [5, 5.41) is 8.68. The first-order chi connectivity index (χ1) is 8.17. The van der Waals surface area contributed by atoms with Crippen molar-refractivity contribution in [3.05, 3.63) is 35.1 Å². The average molecular weight is 235 g/mol. The Morgan fingerprint density at radius 3 is 2.82 bits per heavy atom. The van der Waals surface area contributed by atoms with Crippen LogP contribution in [0.25, 0.3) is 0 Å². The van der Waals surface area contributed by atoms with Crippen molar-refractivity contribution < 1.29 is 9.50 Å². The van der Waals surface area contributed by atoms with Crippen LogP contribution in [0.3, 0.4) is 0 Å². The Hall–Kier alpha value is -1.37. The van der Waals surface area contributed by atoms with Gasteiger partial charge in [-0.1, -0.05) is 24.8 Å². The average Bonchev–Trinajstić information content (AvgIpc) is 2.30. The Kier molecular flexibility index (Phi) is 5.68. The summed E-state index contributed by atoms with van der Waals surface area (Å²) in [4.78, 5) is 2.16. The standard InChI is InChI=1S/C14H18FNO/c1-3-8-16(2)11-13-6-7-14(15)10-12(13)5-4-9-17/h6-7,10,17H,3,8-9,11H2,1-2H3. The van der Waals surface area contributed by atoms with E-state index in [1.165, 1.54) is 12.1 Å². The van der Waals surface area contributed by atoms with Gasteiger partial charge in [0, 0.05) is 12.1 Å². The fraction of sp³-hybridized carbons (Fsp3) is 0.429. The van der Waals surface area contributed by atoms with Crippen LogP contribution in [0.2, 0.25) is 0 Å². The van der Waals surface area contributed by atoms with Crippen LogP contribution in [-0.4, -0.2) is 30.2 Å². The van der Waals surface area contributed by atoms with Gasteiger partial charge in [0.2, 0.25) is 0 Å². The van der Waals surface area contributed by atoms with Gasteiger partial charge in [-0.3, -0.25) is 0 Å². The number of nitrogens with zero attached hydrogens (tertiary/aromatic N) is 1. The minimum Gasteiger partial charge on any atom is -0.384 e. The first-order valence-electron chi connectivity index (χ1n) is 5.74. The molecule has 2 nitrogen and oxygen atoms in total. The SMILES string of the molecule is CCCN(C)Cc1ccc(F)cc1C#CCO. The largest absolute Gasteiger partial charge is 0.384 e. The second-order valence-corrected chi connectivity index (χ2v) is 4.00. The smallest absolute Gasteiger partial charge is 0.124 e. The summed E-state index contributed by atoms with van der Waals surface area (Å²) in [5.74, 6) is 5.05. The lowest BCUT2D eigenvalue weighted by molar-refractivity contribution is 0.327. The third-order valence-electron chi connectivity index (χ3n) is 2.42. The quantitative estimate of drug-likeness (QED) is 0.807. The van der Waals surface area contributed by atoms with Gasteiger partial charge in [0.25, 0.3) is 0 Å². The molecule has 0 aromatic heterocycles. The van der Waals surface area contributed by atoms with E-state index >= 15 is 0 Å². The van der Waals surface area contributed by atoms with Gasteiger partial charge < -0.3 is 10.0 Å². The van der Waals surface area contributed by atoms with Gasteiger partial charge in [-0.2, -0.15) is 0 Å². The summed E-state index contributed by atoms with van der Waals surface area (Å²) >= 11 is 0. The first-order valence-corrected chi connectivity index (χ1v) is 5.74. The fourth-order valence-electron chi connectivity index (χ4n) is 1.69. The van der Waals surface area contributed by atoms with Gasteiger partial charge in [0.05, 0.1) is 0 Å². The molecule has 0 spiro atoms. The third kappa shape index (κ3) is 4.56. The summed E-state index contributed by atoms with van der Waals surface area (Å²) in [7, 11) is 2.02. The van der Waals surface area contributed by atoms with Crippen molar-refractivity contribution in [1.29, 1.82) is 0 Å². The van der Waals surface area contributed by atoms with Crippen molar-refractivity contribution in [2.24, 2.45) is 0 Å². The monoisotopic (exact) mass is 235 g/mol. The van der Waals surface area contributed by atoms with E-state index in [0.717, 1.165) is 25.1 Å². The lowest BCUT2D eigenvalue weighted by Gasteiger charge is -2.16. The molecule has 0 aliphatic carbocycles. The summed E-state index contributed by atoms with van der Waals surface area (Å²) in [6.45, 7) is 3.64. The molecule has 0 saturated carbocycles. The van der Waals surface area contributed by atoms with E-state index in [0.29, 0.717) is 5.56 Å². The van der Waals surface area contributed by atoms with Gasteiger partial charge in [0.1, 0.15) is 12.4 Å². The van der Waals surface area contributed by atoms with Crippen LogP contribution >= 0.6 is 0 Å². The van der Waals surface area contributed by atoms with Crippen molar-refractivity contribution in [3.63, 3.8) is 0 Å². The van der Waals surface area contributed by atoms with Crippen LogP contribution in [0.4, 0.5) is 4.39 Å². The molecule has 0 atom stereocenters. The van der Waals surface area contributed by atoms with Gasteiger partial charge in [0.15, 0.2) is 0 Å². The summed E-state index contributed by atoms with van der Waals surface area (Å²) in [5.41, 5.74) is 1.64. The van der Waals surface area contributed by atoms with E-state index in [2.05, 4.69) is 23.7 Å². The highest BCUT2D eigenvalue weighted by Crippen LogP contribution is 2.12. The normalized spacial score (nSPS) is 10.2. The molecule has 0 aliphatic heterocycles. The summed E-state index contributed by atoms with van der Waals surface area (Å²) < 4.78 is 13.1. The summed E-state index contributed by atoms with van der Waals surface area (Å²) in [6.07, 6.45) is 1.08. The van der Waals surface area contributed by atoms with Crippen LogP contribution in [0, 0.1) is 17.7 Å². The number of benzene rings is 1. The molecule has 0 saturated heterocycles. The molecule has 0 unspecified atom stereocenters. The van der Waals surface area contributed by atoms with E-state index in [4.69, 9.17) is 5.11 Å². The highest BCUT2D eigenvalue weighted by Gasteiger charge is 2.05. The Bertz CT molecular complexity index is 420. The van der Waals surface area contributed by atoms with Crippen LogP contribution in [0.15, 0.2) is 18.2 Å². The molecule has 92 valence electrons. The van der Waals surface area contributed by atoms with E-state index in [1.807, 2.05) is 7.05 Å². The van der Waals surface area contributed by atoms with E-state index in [-0.39, 0.29) is 12.4 Å². The maximum Gasteiger partial charge on any atom is 0.124 e. The number of rotatable bonds is 4. The van der Waals surface area contributed by atoms with Gasteiger partial charge in [-0.15, -0.1) is 0 Å². The van der Waals surface area contributed by atoms with Crippen molar-refractivity contribution >= 4 is 0 Å². The highest BCUT2D eigenvalue weighted by atomic mass is 19.1. The molecule has 1 rings (SSSR count). The van der Waals surface area contributed by atoms with Crippen molar-refractivity contribution in [2.75, 3.05) is 20.2 Å². The second kappa shape index (κ2) is 7.05. The minimum absolute atomic E-state index is 0.208. The van der Waals surface area contributed by atoms with Crippen LogP contribution in [0.5, 0.6) is 0 Å². The Morgan fingerprint density at radius 1 is 1.41 bits per heavy atom. The molecule has 0 heterocycles. The van der Waals surface area contributed by atoms with Crippen LogP contribution in [-0.2, 0) is 6.54 Å². The van der Waals surface area contributed by atoms with Crippen LogP contribution < -0.4 is 0 Å². The van der Waals surface area contributed by atoms with E-state index in [1.54, 1.807) is 6.07 Å². The Morgan fingerprint density at radius 2 is 2.18 bits per heavy atom. The maximum absolute atomic E-state index is 13.1. The second-order valence-electron chi connectivity index (χ2n) is 4.00. The zero-order valence-electron chi connectivity index (χ0n) is 10.3. The van der Waals surface area contributed by atoms with E-state index < -0.39 is 0 Å². The first kappa shape index (κ1) is 13.7. The lowest BCUT2D eigenvalue weighted by atomic mass is 10.1. The van der Waals surface area contributed by atoms with E-state index in [9.17, 15) is 4.39 Å². The van der Waals surface area contributed by atoms with Gasteiger partial charge in [-0.25, -0.2) is 4.39 Å². The molecular formula is C14H18FNO. The number of hydrogen-bond donors (Lipinski definition) is 1. The zero-order chi connectivity index (χ0) is 12.7. The predicted molar refractivity (Wildman–Crippen MR) is 67.0 cm³/mol. The topological polar surface area (TPSA) is 23.5 Å². The van der Waals surface area contributed by atoms with Crippen molar-refractivity contribution in [2.45, 2.75) is 19.9 Å². The van der Waals surface area contributed by atoms with Crippen LogP contribution in [0.1, 0.15) is 24.5 Å². The van der Waals surface area contributed by atoms with Gasteiger partial charge >= 0.3 is 0 Å². The number of aliphatic hydroxyl groups excluding tert-OH is 1. The molecule has 0 aliphatic rings. The molecule has 1 N–H and O–H groups in total. The maximum atomic E-state index is 13.1. The molecule has 3 heteroatoms. The fourth-order valence-corrected chi connectivity index (χ4v) is 1.69. The molecule has 0 fully saturated rings. The Balaban J connectivity index is 2.89. The van der Waals surface area contributed by atoms with Gasteiger partial charge in [-0.05, 0) is 37.7 Å². The summed E-state index contributed by atoms with van der Waals surface area (Å²) in [6, 6.07) is 4.61. The molecule has 0 amide bonds. The Labute approximate surface area is 102 Å². The van der Waals surface area contributed by atoms with Crippen molar-refractivity contribution in [1.82, 2.24) is 4.90 Å². The zero-order valence-corrected chi connectivity index (χ0v) is 10.3. The lowest BCUT2D eigenvalue weighted by Crippen LogP contribution is -2.19. The minimum atomic E-state index is -0.297. The molecule has 17 heavy (non-hydrogen) atoms. The molecule has 0 bridgehead atoms. The highest BCUT2D eigenvalue weighted by molar-refractivity contribution is 5.41. The molecule has 0 radical (unpaired) electrons.